The number of aromatic nitrogens is 2. The van der Waals surface area contributed by atoms with E-state index in [1.54, 1.807) is 4.68 Å². The quantitative estimate of drug-likeness (QED) is 0.732. The molecule has 1 saturated heterocycles. The topological polar surface area (TPSA) is 70.8 Å². The fourth-order valence-electron chi connectivity index (χ4n) is 5.14. The van der Waals surface area contributed by atoms with Gasteiger partial charge in [0.1, 0.15) is 16.7 Å². The Balaban J connectivity index is 1.48. The minimum absolute atomic E-state index is 0.0494. The van der Waals surface area contributed by atoms with Crippen LogP contribution >= 0.6 is 11.6 Å². The van der Waals surface area contributed by atoms with E-state index < -0.39 is 5.60 Å². The molecule has 0 saturated carbocycles. The molecule has 0 spiro atoms. The molecule has 8 heteroatoms. The zero-order valence-corrected chi connectivity index (χ0v) is 21.3. The molecule has 180 valence electrons. The lowest BCUT2D eigenvalue weighted by Gasteiger charge is -2.39. The number of rotatable bonds is 3. The summed E-state index contributed by atoms with van der Waals surface area (Å²) in [5, 5.41) is 15.5. The van der Waals surface area contributed by atoms with E-state index in [1.165, 1.54) is 0 Å². The lowest BCUT2D eigenvalue weighted by atomic mass is 9.86. The third-order valence-electron chi connectivity index (χ3n) is 7.50. The van der Waals surface area contributed by atoms with Gasteiger partial charge in [0.15, 0.2) is 5.60 Å². The first-order valence-corrected chi connectivity index (χ1v) is 12.1. The zero-order chi connectivity index (χ0) is 24.1. The number of fused-ring (bicyclic) bond motifs is 1. The molecule has 2 aromatic rings. The second kappa shape index (κ2) is 8.84. The largest absolute Gasteiger partial charge is 0.507 e. The average Bonchev–Trinajstić information content (AvgIpc) is 2.95. The summed E-state index contributed by atoms with van der Waals surface area (Å²) in [6, 6.07) is 0. The number of hydrogen-bond donors (Lipinski definition) is 1. The van der Waals surface area contributed by atoms with Crippen molar-refractivity contribution in [2.24, 2.45) is 7.05 Å². The van der Waals surface area contributed by atoms with E-state index in [9.17, 15) is 9.90 Å². The Hall–Kier alpha value is -2.25. The minimum atomic E-state index is -0.897. The van der Waals surface area contributed by atoms with Gasteiger partial charge in [-0.05, 0) is 64.2 Å². The summed E-state index contributed by atoms with van der Waals surface area (Å²) in [7, 11) is 1.86. The van der Waals surface area contributed by atoms with Crippen molar-refractivity contribution < 1.29 is 14.6 Å². The Morgan fingerprint density at radius 1 is 1.12 bits per heavy atom. The van der Waals surface area contributed by atoms with E-state index in [1.807, 2.05) is 46.6 Å². The van der Waals surface area contributed by atoms with Gasteiger partial charge < -0.3 is 14.7 Å². The molecule has 33 heavy (non-hydrogen) atoms. The molecular formula is C25H35ClN4O3. The second-order valence-corrected chi connectivity index (χ2v) is 10.1. The van der Waals surface area contributed by atoms with Crippen molar-refractivity contribution >= 4 is 17.5 Å². The van der Waals surface area contributed by atoms with Crippen molar-refractivity contribution in [1.29, 1.82) is 0 Å². The van der Waals surface area contributed by atoms with Crippen molar-refractivity contribution in [3.8, 4) is 11.5 Å². The van der Waals surface area contributed by atoms with Crippen LogP contribution in [0, 0.1) is 27.7 Å². The summed E-state index contributed by atoms with van der Waals surface area (Å²) in [5.74, 6) is 1.15. The van der Waals surface area contributed by atoms with Crippen LogP contribution in [0.1, 0.15) is 53.3 Å². The van der Waals surface area contributed by atoms with Crippen LogP contribution in [0.15, 0.2) is 0 Å². The fraction of sp³-hybridized carbons (Fsp3) is 0.600. The van der Waals surface area contributed by atoms with Crippen LogP contribution in [-0.4, -0.2) is 62.4 Å². The van der Waals surface area contributed by atoms with Gasteiger partial charge in [-0.2, -0.15) is 5.10 Å². The van der Waals surface area contributed by atoms with Gasteiger partial charge in [-0.3, -0.25) is 14.4 Å². The molecule has 3 heterocycles. The molecule has 1 N–H and O–H groups in total. The number of amides is 1. The van der Waals surface area contributed by atoms with Crippen LogP contribution in [0.3, 0.4) is 0 Å². The van der Waals surface area contributed by atoms with Gasteiger partial charge in [0.05, 0.1) is 5.69 Å². The number of ether oxygens (including phenoxy) is 1. The highest BCUT2D eigenvalue weighted by Crippen LogP contribution is 2.43. The van der Waals surface area contributed by atoms with Crippen molar-refractivity contribution in [3.05, 3.63) is 38.7 Å². The van der Waals surface area contributed by atoms with E-state index in [2.05, 4.69) is 10.00 Å². The van der Waals surface area contributed by atoms with E-state index in [4.69, 9.17) is 16.3 Å². The Labute approximate surface area is 201 Å². The molecule has 1 unspecified atom stereocenters. The highest BCUT2D eigenvalue weighted by Gasteiger charge is 2.43. The van der Waals surface area contributed by atoms with Crippen molar-refractivity contribution in [1.82, 2.24) is 19.6 Å². The van der Waals surface area contributed by atoms with Crippen LogP contribution in [0.4, 0.5) is 0 Å². The van der Waals surface area contributed by atoms with E-state index in [-0.39, 0.29) is 5.91 Å². The van der Waals surface area contributed by atoms with Crippen molar-refractivity contribution in [2.45, 2.75) is 66.0 Å². The molecule has 1 atom stereocenters. The number of aromatic hydroxyl groups is 1. The monoisotopic (exact) mass is 474 g/mol. The second-order valence-electron chi connectivity index (χ2n) is 9.76. The van der Waals surface area contributed by atoms with Gasteiger partial charge in [-0.1, -0.05) is 11.6 Å². The van der Waals surface area contributed by atoms with Gasteiger partial charge in [-0.25, -0.2) is 0 Å². The number of phenols is 1. The number of benzene rings is 1. The third-order valence-corrected chi connectivity index (χ3v) is 7.97. The predicted molar refractivity (Wildman–Crippen MR) is 129 cm³/mol. The summed E-state index contributed by atoms with van der Waals surface area (Å²) in [6.45, 7) is 13.5. The number of carbonyl (C=O) groups excluding carboxylic acids is 1. The van der Waals surface area contributed by atoms with Crippen LogP contribution in [0.2, 0.25) is 5.15 Å². The average molecular weight is 475 g/mol. The fourth-order valence-corrected chi connectivity index (χ4v) is 5.38. The number of carbonyl (C=O) groups is 1. The maximum Gasteiger partial charge on any atom is 0.266 e. The van der Waals surface area contributed by atoms with Gasteiger partial charge in [0, 0.05) is 57.3 Å². The van der Waals surface area contributed by atoms with E-state index in [0.29, 0.717) is 30.4 Å². The van der Waals surface area contributed by atoms with E-state index in [0.717, 1.165) is 71.7 Å². The van der Waals surface area contributed by atoms with E-state index >= 15 is 0 Å². The first-order valence-electron chi connectivity index (χ1n) is 11.7. The molecule has 1 fully saturated rings. The van der Waals surface area contributed by atoms with Crippen LogP contribution in [0.25, 0.3) is 0 Å². The highest BCUT2D eigenvalue weighted by atomic mass is 35.5. The van der Waals surface area contributed by atoms with Crippen LogP contribution in [-0.2, 0) is 24.8 Å². The first kappa shape index (κ1) is 23.9. The minimum Gasteiger partial charge on any atom is -0.507 e. The van der Waals surface area contributed by atoms with Gasteiger partial charge in [-0.15, -0.1) is 0 Å². The maximum atomic E-state index is 13.7. The molecular weight excluding hydrogens is 440 g/mol. The normalized spacial score (nSPS) is 21.5. The summed E-state index contributed by atoms with van der Waals surface area (Å²) in [5.41, 5.74) is 4.72. The molecule has 4 rings (SSSR count). The lowest BCUT2D eigenvalue weighted by molar-refractivity contribution is -0.148. The molecule has 7 nitrogen and oxygen atoms in total. The van der Waals surface area contributed by atoms with Crippen molar-refractivity contribution in [2.75, 3.05) is 26.2 Å². The summed E-state index contributed by atoms with van der Waals surface area (Å²) in [4.78, 5) is 18.0. The van der Waals surface area contributed by atoms with Gasteiger partial charge in [0.2, 0.25) is 0 Å². The molecule has 1 aromatic heterocycles. The van der Waals surface area contributed by atoms with Gasteiger partial charge in [0.25, 0.3) is 5.91 Å². The molecule has 1 amide bonds. The number of halogens is 1. The Kier molecular flexibility index (Phi) is 6.40. The summed E-state index contributed by atoms with van der Waals surface area (Å²) >= 11 is 6.44. The predicted octanol–water partition coefficient (Wildman–Crippen LogP) is 3.83. The number of phenolic OH excluding ortho intramolecular Hbond substituents is 1. The standard InChI is InChI=1S/C25H35ClN4O3/c1-15-16(2)22-19(17(3)21(15)31)8-9-25(5,33-22)24(32)30-11-7-10-29(12-13-30)14-20-18(4)27-28(6)23(20)26/h31H,7-14H2,1-6H3. The lowest BCUT2D eigenvalue weighted by Crippen LogP contribution is -2.53. The SMILES string of the molecule is Cc1nn(C)c(Cl)c1CN1CCCN(C(=O)C2(C)CCc3c(C)c(O)c(C)c(C)c3O2)CC1. The zero-order valence-electron chi connectivity index (χ0n) is 20.6. The molecule has 2 aliphatic rings. The van der Waals surface area contributed by atoms with Crippen LogP contribution in [0.5, 0.6) is 11.5 Å². The number of hydrogen-bond acceptors (Lipinski definition) is 5. The Bertz CT molecular complexity index is 1100. The maximum absolute atomic E-state index is 13.7. The molecule has 0 radical (unpaired) electrons. The Morgan fingerprint density at radius 3 is 2.52 bits per heavy atom. The molecule has 0 bridgehead atoms. The van der Waals surface area contributed by atoms with Gasteiger partial charge >= 0.3 is 0 Å². The summed E-state index contributed by atoms with van der Waals surface area (Å²) in [6.07, 6.45) is 2.23. The smallest absolute Gasteiger partial charge is 0.266 e. The summed E-state index contributed by atoms with van der Waals surface area (Å²) < 4.78 is 8.15. The van der Waals surface area contributed by atoms with Crippen LogP contribution < -0.4 is 4.74 Å². The van der Waals surface area contributed by atoms with Crippen molar-refractivity contribution in [3.63, 3.8) is 0 Å². The number of nitrogens with zero attached hydrogens (tertiary/aromatic N) is 4. The highest BCUT2D eigenvalue weighted by molar-refractivity contribution is 6.30. The molecule has 2 aliphatic heterocycles. The first-order chi connectivity index (χ1) is 15.5. The number of aryl methyl sites for hydroxylation is 2. The molecule has 1 aromatic carbocycles. The third kappa shape index (κ3) is 4.21. The Morgan fingerprint density at radius 2 is 1.85 bits per heavy atom. The molecule has 0 aliphatic carbocycles.